The molecule has 1 heterocycles. The average Bonchev–Trinajstić information content (AvgIpc) is 2.58. The molecule has 8 heteroatoms. The molecule has 0 radical (unpaired) electrons. The van der Waals surface area contributed by atoms with Crippen molar-refractivity contribution in [3.05, 3.63) is 58.1 Å². The van der Waals surface area contributed by atoms with E-state index < -0.39 is 10.0 Å². The largest absolute Gasteiger partial charge is 0.369 e. The average molecular weight is 414 g/mol. The van der Waals surface area contributed by atoms with Gasteiger partial charge in [0.2, 0.25) is 10.0 Å². The minimum atomic E-state index is -3.57. The van der Waals surface area contributed by atoms with Gasteiger partial charge in [0, 0.05) is 47.6 Å². The summed E-state index contributed by atoms with van der Waals surface area (Å²) in [6, 6.07) is 12.3. The zero-order chi connectivity index (χ0) is 18.7. The third-order valence-electron chi connectivity index (χ3n) is 4.37. The zero-order valence-electron chi connectivity index (χ0n) is 14.5. The zero-order valence-corrected chi connectivity index (χ0v) is 16.8. The Hall–Kier alpha value is -1.47. The number of nitrogens with zero attached hydrogens (tertiary/aromatic N) is 2. The van der Waals surface area contributed by atoms with Crippen LogP contribution in [0.1, 0.15) is 5.56 Å². The molecular weight excluding hydrogens is 393 g/mol. The highest BCUT2D eigenvalue weighted by atomic mass is 35.5. The molecule has 1 fully saturated rings. The maximum Gasteiger partial charge on any atom is 0.236 e. The Morgan fingerprint density at radius 1 is 1.00 bits per heavy atom. The van der Waals surface area contributed by atoms with E-state index in [9.17, 15) is 8.42 Å². The standard InChI is InChI=1S/C18H21Cl2N3O2S/c1-22-8-10-23(11-9-22)17-6-4-16(5-7-17)21-26(24,25)13-14-2-3-15(19)12-18(14)20/h2-7,12,21H,8-11,13H2,1H3. The summed E-state index contributed by atoms with van der Waals surface area (Å²) in [5.74, 6) is -0.205. The van der Waals surface area contributed by atoms with Crippen LogP contribution in [-0.4, -0.2) is 46.5 Å². The second-order valence-electron chi connectivity index (χ2n) is 6.43. The SMILES string of the molecule is CN1CCN(c2ccc(NS(=O)(=O)Cc3ccc(Cl)cc3Cl)cc2)CC1. The molecule has 0 aromatic heterocycles. The van der Waals surface area contributed by atoms with Crippen molar-refractivity contribution in [3.63, 3.8) is 0 Å². The highest BCUT2D eigenvalue weighted by Gasteiger charge is 2.16. The number of rotatable bonds is 5. The molecule has 140 valence electrons. The van der Waals surface area contributed by atoms with Gasteiger partial charge in [0.15, 0.2) is 0 Å². The third-order valence-corrected chi connectivity index (χ3v) is 6.19. The fourth-order valence-corrected chi connectivity index (χ4v) is 4.65. The topological polar surface area (TPSA) is 52.6 Å². The molecule has 0 unspecified atom stereocenters. The number of hydrogen-bond acceptors (Lipinski definition) is 4. The van der Waals surface area contributed by atoms with Gasteiger partial charge in [-0.3, -0.25) is 4.72 Å². The van der Waals surface area contributed by atoms with Crippen LogP contribution in [0.5, 0.6) is 0 Å². The quantitative estimate of drug-likeness (QED) is 0.811. The van der Waals surface area contributed by atoms with E-state index in [1.807, 2.05) is 12.1 Å². The van der Waals surface area contributed by atoms with Crippen LogP contribution in [0.3, 0.4) is 0 Å². The Labute approximate surface area is 164 Å². The highest BCUT2D eigenvalue weighted by Crippen LogP contribution is 2.24. The number of nitrogens with one attached hydrogen (secondary N) is 1. The predicted molar refractivity (Wildman–Crippen MR) is 109 cm³/mol. The summed E-state index contributed by atoms with van der Waals surface area (Å²) >= 11 is 11.9. The summed E-state index contributed by atoms with van der Waals surface area (Å²) in [5, 5.41) is 0.817. The molecule has 0 atom stereocenters. The molecule has 0 aliphatic carbocycles. The molecule has 0 spiro atoms. The summed E-state index contributed by atoms with van der Waals surface area (Å²) in [6.45, 7) is 3.99. The number of benzene rings is 2. The van der Waals surface area contributed by atoms with E-state index in [2.05, 4.69) is 21.6 Å². The van der Waals surface area contributed by atoms with Crippen LogP contribution in [0.2, 0.25) is 10.0 Å². The van der Waals surface area contributed by atoms with E-state index in [1.165, 1.54) is 0 Å². The van der Waals surface area contributed by atoms with Crippen molar-refractivity contribution >= 4 is 44.6 Å². The molecule has 0 amide bonds. The fraction of sp³-hybridized carbons (Fsp3) is 0.333. The van der Waals surface area contributed by atoms with E-state index in [0.717, 1.165) is 31.9 Å². The van der Waals surface area contributed by atoms with Gasteiger partial charge in [0.25, 0.3) is 0 Å². The van der Waals surface area contributed by atoms with Crippen molar-refractivity contribution in [1.29, 1.82) is 0 Å². The number of sulfonamides is 1. The third kappa shape index (κ3) is 5.04. The molecule has 1 N–H and O–H groups in total. The maximum absolute atomic E-state index is 12.4. The summed E-state index contributed by atoms with van der Waals surface area (Å²) in [7, 11) is -1.45. The van der Waals surface area contributed by atoms with Crippen molar-refractivity contribution in [2.24, 2.45) is 0 Å². The first-order valence-electron chi connectivity index (χ1n) is 8.30. The van der Waals surface area contributed by atoms with E-state index in [-0.39, 0.29) is 5.75 Å². The van der Waals surface area contributed by atoms with E-state index in [0.29, 0.717) is 21.3 Å². The molecule has 2 aromatic rings. The Kier molecular flexibility index (Phi) is 5.97. The van der Waals surface area contributed by atoms with E-state index in [1.54, 1.807) is 30.3 Å². The second-order valence-corrected chi connectivity index (χ2v) is 9.00. The van der Waals surface area contributed by atoms with Crippen molar-refractivity contribution in [2.75, 3.05) is 42.8 Å². The monoisotopic (exact) mass is 413 g/mol. The van der Waals surface area contributed by atoms with Crippen molar-refractivity contribution in [3.8, 4) is 0 Å². The first-order valence-corrected chi connectivity index (χ1v) is 10.7. The van der Waals surface area contributed by atoms with Gasteiger partial charge in [0.05, 0.1) is 5.75 Å². The van der Waals surface area contributed by atoms with Crippen LogP contribution in [-0.2, 0) is 15.8 Å². The van der Waals surface area contributed by atoms with Crippen LogP contribution >= 0.6 is 23.2 Å². The predicted octanol–water partition coefficient (Wildman–Crippen LogP) is 3.69. The molecule has 2 aromatic carbocycles. The molecule has 0 saturated carbocycles. The van der Waals surface area contributed by atoms with E-state index >= 15 is 0 Å². The van der Waals surface area contributed by atoms with Crippen molar-refractivity contribution < 1.29 is 8.42 Å². The Balaban J connectivity index is 1.66. The van der Waals surface area contributed by atoms with Gasteiger partial charge in [0.1, 0.15) is 0 Å². The lowest BCUT2D eigenvalue weighted by molar-refractivity contribution is 0.313. The molecule has 3 rings (SSSR count). The smallest absolute Gasteiger partial charge is 0.236 e. The van der Waals surface area contributed by atoms with Gasteiger partial charge in [-0.1, -0.05) is 29.3 Å². The normalized spacial score (nSPS) is 15.9. The van der Waals surface area contributed by atoms with Gasteiger partial charge in [-0.2, -0.15) is 0 Å². The molecule has 1 aliphatic rings. The van der Waals surface area contributed by atoms with Crippen LogP contribution in [0, 0.1) is 0 Å². The van der Waals surface area contributed by atoms with Crippen LogP contribution in [0.25, 0.3) is 0 Å². The minimum Gasteiger partial charge on any atom is -0.369 e. The van der Waals surface area contributed by atoms with Crippen LogP contribution in [0.4, 0.5) is 11.4 Å². The van der Waals surface area contributed by atoms with Gasteiger partial charge in [-0.25, -0.2) is 8.42 Å². The van der Waals surface area contributed by atoms with Crippen molar-refractivity contribution in [1.82, 2.24) is 4.90 Å². The fourth-order valence-electron chi connectivity index (χ4n) is 2.86. The molecule has 26 heavy (non-hydrogen) atoms. The van der Waals surface area contributed by atoms with Crippen LogP contribution in [0.15, 0.2) is 42.5 Å². The van der Waals surface area contributed by atoms with Gasteiger partial charge in [-0.05, 0) is 49.0 Å². The van der Waals surface area contributed by atoms with E-state index in [4.69, 9.17) is 23.2 Å². The first-order chi connectivity index (χ1) is 12.3. The lowest BCUT2D eigenvalue weighted by atomic mass is 10.2. The number of anilines is 2. The second kappa shape index (κ2) is 8.05. The molecule has 5 nitrogen and oxygen atoms in total. The summed E-state index contributed by atoms with van der Waals surface area (Å²) in [6.07, 6.45) is 0. The summed E-state index contributed by atoms with van der Waals surface area (Å²) in [4.78, 5) is 4.59. The Morgan fingerprint density at radius 3 is 2.27 bits per heavy atom. The number of hydrogen-bond donors (Lipinski definition) is 1. The van der Waals surface area contributed by atoms with Gasteiger partial charge >= 0.3 is 0 Å². The minimum absolute atomic E-state index is 0.205. The first kappa shape index (κ1) is 19.3. The van der Waals surface area contributed by atoms with Gasteiger partial charge in [-0.15, -0.1) is 0 Å². The number of halogens is 2. The molecule has 1 aliphatic heterocycles. The van der Waals surface area contributed by atoms with Gasteiger partial charge < -0.3 is 9.80 Å². The van der Waals surface area contributed by atoms with Crippen molar-refractivity contribution in [2.45, 2.75) is 5.75 Å². The Morgan fingerprint density at radius 2 is 1.65 bits per heavy atom. The lowest BCUT2D eigenvalue weighted by Gasteiger charge is -2.34. The van der Waals surface area contributed by atoms with Crippen LogP contribution < -0.4 is 9.62 Å². The molecule has 0 bridgehead atoms. The molecular formula is C18H21Cl2N3O2S. The molecule has 1 saturated heterocycles. The lowest BCUT2D eigenvalue weighted by Crippen LogP contribution is -2.44. The Bertz CT molecular complexity index is 865. The summed E-state index contributed by atoms with van der Waals surface area (Å²) in [5.41, 5.74) is 2.15. The highest BCUT2D eigenvalue weighted by molar-refractivity contribution is 7.91. The summed E-state index contributed by atoms with van der Waals surface area (Å²) < 4.78 is 27.4. The number of likely N-dealkylation sites (N-methyl/N-ethyl adjacent to an activating group) is 1. The maximum atomic E-state index is 12.4. The number of piperazine rings is 1.